The molecule has 12 heavy (non-hydrogen) atoms. The molecule has 72 valence electrons. The second-order valence-corrected chi connectivity index (χ2v) is 1.77. The van der Waals surface area contributed by atoms with E-state index in [2.05, 4.69) is 11.1 Å². The highest BCUT2D eigenvalue weighted by Crippen LogP contribution is 1.56. The molecule has 0 saturated heterocycles. The van der Waals surface area contributed by atoms with Crippen molar-refractivity contribution >= 4 is 11.9 Å². The van der Waals surface area contributed by atoms with E-state index < -0.39 is 11.9 Å². The number of nitrogens with two attached hydrogens (primary N) is 1. The Labute approximate surface area is 70.4 Å². The molecular weight excluding hydrogens is 164 g/mol. The summed E-state index contributed by atoms with van der Waals surface area (Å²) in [6.07, 6.45) is 0. The lowest BCUT2D eigenvalue weighted by atomic mass is 10.6. The Morgan fingerprint density at radius 1 is 1.33 bits per heavy atom. The Morgan fingerprint density at radius 3 is 1.83 bits per heavy atom. The van der Waals surface area contributed by atoms with E-state index in [9.17, 15) is 9.59 Å². The zero-order valence-corrected chi connectivity index (χ0v) is 6.91. The molecule has 6 heteroatoms. The Balaban J connectivity index is 0. The SMILES string of the molecule is CCNCC(=O)O.NCC(=O)O. The number of carbonyl (C=O) groups is 2. The lowest BCUT2D eigenvalue weighted by Gasteiger charge is -1.90. The molecule has 0 aliphatic rings. The molecule has 0 aromatic carbocycles. The normalized spacial score (nSPS) is 8.17. The maximum absolute atomic E-state index is 9.70. The fourth-order valence-corrected chi connectivity index (χ4v) is 0.232. The Bertz CT molecular complexity index is 138. The maximum Gasteiger partial charge on any atom is 0.317 e. The van der Waals surface area contributed by atoms with Crippen molar-refractivity contribution in [1.82, 2.24) is 5.32 Å². The van der Waals surface area contributed by atoms with E-state index in [1.54, 1.807) is 0 Å². The van der Waals surface area contributed by atoms with Crippen LogP contribution in [0.2, 0.25) is 0 Å². The molecule has 0 saturated carbocycles. The van der Waals surface area contributed by atoms with E-state index in [0.29, 0.717) is 6.54 Å². The molecule has 0 aliphatic carbocycles. The Kier molecular flexibility index (Phi) is 11.1. The molecule has 0 fully saturated rings. The summed E-state index contributed by atoms with van der Waals surface area (Å²) < 4.78 is 0. The molecule has 0 atom stereocenters. The van der Waals surface area contributed by atoms with Gasteiger partial charge >= 0.3 is 11.9 Å². The second-order valence-electron chi connectivity index (χ2n) is 1.77. The quantitative estimate of drug-likeness (QED) is 0.426. The third kappa shape index (κ3) is 23.2. The van der Waals surface area contributed by atoms with Gasteiger partial charge in [0.15, 0.2) is 0 Å². The minimum absolute atomic E-state index is 0.0660. The van der Waals surface area contributed by atoms with Crippen LogP contribution in [0.5, 0.6) is 0 Å². The van der Waals surface area contributed by atoms with Crippen LogP contribution in [-0.2, 0) is 9.59 Å². The molecular formula is C6H14N2O4. The van der Waals surface area contributed by atoms with Crippen LogP contribution in [0.3, 0.4) is 0 Å². The third-order valence-corrected chi connectivity index (χ3v) is 0.701. The number of nitrogens with one attached hydrogen (secondary N) is 1. The largest absolute Gasteiger partial charge is 0.480 e. The average Bonchev–Trinajstić information content (AvgIpc) is 2.02. The minimum Gasteiger partial charge on any atom is -0.480 e. The highest BCUT2D eigenvalue weighted by atomic mass is 16.4. The number of hydrogen-bond acceptors (Lipinski definition) is 4. The number of carboxylic acids is 2. The van der Waals surface area contributed by atoms with E-state index >= 15 is 0 Å². The first-order valence-corrected chi connectivity index (χ1v) is 3.39. The standard InChI is InChI=1S/C4H9NO2.C2H5NO2/c1-2-5-3-4(6)7;3-1-2(4)5/h5H,2-3H2,1H3,(H,6,7);1,3H2,(H,4,5). The molecule has 0 amide bonds. The first-order chi connectivity index (χ1) is 5.54. The first-order valence-electron chi connectivity index (χ1n) is 3.39. The van der Waals surface area contributed by atoms with E-state index in [4.69, 9.17) is 10.2 Å². The smallest absolute Gasteiger partial charge is 0.317 e. The van der Waals surface area contributed by atoms with Crippen LogP contribution in [0.25, 0.3) is 0 Å². The summed E-state index contributed by atoms with van der Waals surface area (Å²) >= 11 is 0. The van der Waals surface area contributed by atoms with Gasteiger partial charge in [0.2, 0.25) is 0 Å². The molecule has 0 rings (SSSR count). The number of carboxylic acid groups (broad SMARTS) is 2. The molecule has 5 N–H and O–H groups in total. The van der Waals surface area contributed by atoms with Crippen LogP contribution in [0, 0.1) is 0 Å². The fourth-order valence-electron chi connectivity index (χ4n) is 0.232. The number of hydrogen-bond donors (Lipinski definition) is 4. The summed E-state index contributed by atoms with van der Waals surface area (Å²) in [7, 11) is 0. The zero-order valence-electron chi connectivity index (χ0n) is 6.91. The molecule has 0 bridgehead atoms. The Morgan fingerprint density at radius 2 is 1.75 bits per heavy atom. The first kappa shape index (κ1) is 13.4. The predicted molar refractivity (Wildman–Crippen MR) is 42.9 cm³/mol. The number of rotatable bonds is 4. The van der Waals surface area contributed by atoms with Crippen molar-refractivity contribution in [3.05, 3.63) is 0 Å². The second kappa shape index (κ2) is 9.86. The molecule has 0 spiro atoms. The Hall–Kier alpha value is -1.14. The van der Waals surface area contributed by atoms with Gasteiger partial charge in [0.05, 0.1) is 13.1 Å². The van der Waals surface area contributed by atoms with Crippen LogP contribution in [-0.4, -0.2) is 41.8 Å². The molecule has 6 nitrogen and oxygen atoms in total. The van der Waals surface area contributed by atoms with Crippen LogP contribution < -0.4 is 11.1 Å². The van der Waals surface area contributed by atoms with Gasteiger partial charge in [0.25, 0.3) is 0 Å². The van der Waals surface area contributed by atoms with Gasteiger partial charge in [-0.3, -0.25) is 9.59 Å². The summed E-state index contributed by atoms with van der Waals surface area (Å²) in [5.41, 5.74) is 4.57. The lowest BCUT2D eigenvalue weighted by Crippen LogP contribution is -2.21. The number of aliphatic carboxylic acids is 2. The molecule has 0 radical (unpaired) electrons. The van der Waals surface area contributed by atoms with E-state index in [1.807, 2.05) is 6.92 Å². The van der Waals surface area contributed by atoms with Crippen molar-refractivity contribution in [3.8, 4) is 0 Å². The molecule has 0 aliphatic heterocycles. The lowest BCUT2D eigenvalue weighted by molar-refractivity contribution is -0.136. The monoisotopic (exact) mass is 178 g/mol. The van der Waals surface area contributed by atoms with Crippen molar-refractivity contribution < 1.29 is 19.8 Å². The van der Waals surface area contributed by atoms with Crippen molar-refractivity contribution in [2.24, 2.45) is 5.73 Å². The van der Waals surface area contributed by atoms with E-state index in [0.717, 1.165) is 0 Å². The van der Waals surface area contributed by atoms with Crippen LogP contribution >= 0.6 is 0 Å². The van der Waals surface area contributed by atoms with Crippen molar-refractivity contribution in [2.45, 2.75) is 6.92 Å². The van der Waals surface area contributed by atoms with Crippen molar-refractivity contribution in [2.75, 3.05) is 19.6 Å². The highest BCUT2D eigenvalue weighted by Gasteiger charge is 1.88. The van der Waals surface area contributed by atoms with Gasteiger partial charge in [-0.05, 0) is 6.54 Å². The topological polar surface area (TPSA) is 113 Å². The summed E-state index contributed by atoms with van der Waals surface area (Å²) in [6.45, 7) is 2.37. The molecule has 0 heterocycles. The van der Waals surface area contributed by atoms with Gasteiger partial charge in [-0.25, -0.2) is 0 Å². The summed E-state index contributed by atoms with van der Waals surface area (Å²) in [6, 6.07) is 0. The van der Waals surface area contributed by atoms with Crippen molar-refractivity contribution in [3.63, 3.8) is 0 Å². The maximum atomic E-state index is 9.70. The van der Waals surface area contributed by atoms with Crippen LogP contribution in [0.4, 0.5) is 0 Å². The molecule has 0 unspecified atom stereocenters. The van der Waals surface area contributed by atoms with Gasteiger partial charge in [-0.15, -0.1) is 0 Å². The average molecular weight is 178 g/mol. The van der Waals surface area contributed by atoms with E-state index in [1.165, 1.54) is 0 Å². The summed E-state index contributed by atoms with van der Waals surface area (Å²) in [4.78, 5) is 18.9. The van der Waals surface area contributed by atoms with Crippen molar-refractivity contribution in [1.29, 1.82) is 0 Å². The van der Waals surface area contributed by atoms with Gasteiger partial charge in [0.1, 0.15) is 0 Å². The highest BCUT2D eigenvalue weighted by molar-refractivity contribution is 5.69. The van der Waals surface area contributed by atoms with Gasteiger partial charge in [-0.2, -0.15) is 0 Å². The molecule has 0 aromatic heterocycles. The summed E-state index contributed by atoms with van der Waals surface area (Å²) in [5.74, 6) is -1.77. The minimum atomic E-state index is -0.968. The van der Waals surface area contributed by atoms with E-state index in [-0.39, 0.29) is 13.1 Å². The fraction of sp³-hybridized carbons (Fsp3) is 0.667. The van der Waals surface area contributed by atoms with Crippen LogP contribution in [0.15, 0.2) is 0 Å². The zero-order chi connectivity index (χ0) is 9.98. The van der Waals surface area contributed by atoms with Crippen LogP contribution in [0.1, 0.15) is 6.92 Å². The number of likely N-dealkylation sites (N-methyl/N-ethyl adjacent to an activating group) is 1. The predicted octanol–water partition coefficient (Wildman–Crippen LogP) is -1.29. The summed E-state index contributed by atoms with van der Waals surface area (Å²) in [5, 5.41) is 18.2. The van der Waals surface area contributed by atoms with Gasteiger partial charge in [0, 0.05) is 0 Å². The van der Waals surface area contributed by atoms with Gasteiger partial charge in [-0.1, -0.05) is 6.92 Å². The molecule has 0 aromatic rings. The third-order valence-electron chi connectivity index (χ3n) is 0.701. The van der Waals surface area contributed by atoms with Gasteiger partial charge < -0.3 is 21.3 Å².